The summed E-state index contributed by atoms with van der Waals surface area (Å²) in [6.07, 6.45) is 0. The Morgan fingerprint density at radius 2 is 1.33 bits per heavy atom. The van der Waals surface area contributed by atoms with Gasteiger partial charge in [0, 0.05) is 0 Å². The molecular weight excluding hydrogens is 114 g/mol. The molecule has 0 aliphatic carbocycles. The molecule has 0 spiro atoms. The standard InChI is InChI=1S/Mg.H3N.H2O3Si.2H/c;;1-4(2)3;;/h;1H3;1-2H;;. The molecule has 0 atom stereocenters. The SMILES string of the molecule is N.O=[Si](O)O.[MgH2]. The second kappa shape index (κ2) is 9.02. The third-order valence-corrected chi connectivity index (χ3v) is 0. The minimum absolute atomic E-state index is 0. The Hall–Kier alpha value is 0.343. The van der Waals surface area contributed by atoms with Gasteiger partial charge in [0.05, 0.1) is 0 Å². The second-order valence-corrected chi connectivity index (χ2v) is 0.848. The van der Waals surface area contributed by atoms with Crippen molar-refractivity contribution < 1.29 is 14.1 Å². The van der Waals surface area contributed by atoms with Crippen molar-refractivity contribution in [1.29, 1.82) is 0 Å². The maximum Gasteiger partial charge on any atom is 0.761 e. The van der Waals surface area contributed by atoms with E-state index in [1.807, 2.05) is 0 Å². The second-order valence-electron chi connectivity index (χ2n) is 0.283. The summed E-state index contributed by atoms with van der Waals surface area (Å²) in [6, 6.07) is 0. The smallest absolute Gasteiger partial charge is 0.511 e. The van der Waals surface area contributed by atoms with Crippen LogP contribution in [0.5, 0.6) is 0 Å². The molecule has 5 N–H and O–H groups in total. The lowest BCUT2D eigenvalue weighted by molar-refractivity contribution is 0.330. The van der Waals surface area contributed by atoms with E-state index in [-0.39, 0.29) is 29.2 Å². The fraction of sp³-hybridized carbons (Fsp3) is 0. The predicted molar refractivity (Wildman–Crippen MR) is 24.4 cm³/mol. The zero-order valence-corrected chi connectivity index (χ0v) is 3.51. The topological polar surface area (TPSA) is 92.5 Å². The van der Waals surface area contributed by atoms with Crippen molar-refractivity contribution in [2.24, 2.45) is 0 Å². The van der Waals surface area contributed by atoms with Crippen LogP contribution in [-0.2, 0) is 4.46 Å². The van der Waals surface area contributed by atoms with Crippen molar-refractivity contribution >= 4 is 32.2 Å². The molecule has 0 saturated carbocycles. The highest BCUT2D eigenvalue weighted by molar-refractivity contribution is 6.22. The van der Waals surface area contributed by atoms with Crippen molar-refractivity contribution in [3.8, 4) is 0 Å². The summed E-state index contributed by atoms with van der Waals surface area (Å²) in [6.45, 7) is 0. The summed E-state index contributed by atoms with van der Waals surface area (Å²) in [4.78, 5) is 14.3. The lowest BCUT2D eigenvalue weighted by atomic mass is 14.0. The lowest BCUT2D eigenvalue weighted by Gasteiger charge is -1.55. The van der Waals surface area contributed by atoms with Crippen LogP contribution in [0.3, 0.4) is 0 Å². The highest BCUT2D eigenvalue weighted by Gasteiger charge is 1.85. The van der Waals surface area contributed by atoms with Crippen LogP contribution in [0.2, 0.25) is 0 Å². The molecule has 0 aromatic carbocycles. The van der Waals surface area contributed by atoms with E-state index in [0.717, 1.165) is 0 Å². The maximum atomic E-state index is 8.74. The Bertz CT molecular complexity index is 33.8. The normalized spacial score (nSPS) is 4.00. The van der Waals surface area contributed by atoms with E-state index in [1.165, 1.54) is 0 Å². The monoisotopic (exact) mass is 121 g/mol. The highest BCUT2D eigenvalue weighted by Crippen LogP contribution is 1.27. The molecule has 0 aromatic rings. The van der Waals surface area contributed by atoms with Gasteiger partial charge in [-0.2, -0.15) is 0 Å². The quantitative estimate of drug-likeness (QED) is 0.313. The van der Waals surface area contributed by atoms with Crippen LogP contribution in [0.4, 0.5) is 0 Å². The molecule has 0 heterocycles. The Balaban J connectivity index is -0.0000000450. The van der Waals surface area contributed by atoms with Gasteiger partial charge in [-0.05, 0) is 0 Å². The average Bonchev–Trinajstić information content (AvgIpc) is 0.811. The minimum Gasteiger partial charge on any atom is -0.511 e. The summed E-state index contributed by atoms with van der Waals surface area (Å²) in [5.74, 6) is 0. The third kappa shape index (κ3) is 412. The third-order valence-electron chi connectivity index (χ3n) is 0. The van der Waals surface area contributed by atoms with Crippen molar-refractivity contribution in [3.05, 3.63) is 0 Å². The Morgan fingerprint density at radius 1 is 1.33 bits per heavy atom. The minimum atomic E-state index is -3.13. The number of hydrogen-bond acceptors (Lipinski definition) is 2. The van der Waals surface area contributed by atoms with Gasteiger partial charge in [0.2, 0.25) is 0 Å². The first-order valence-electron chi connectivity index (χ1n) is 0.651. The van der Waals surface area contributed by atoms with Crippen LogP contribution < -0.4 is 6.15 Å². The van der Waals surface area contributed by atoms with Crippen LogP contribution >= 0.6 is 0 Å². The summed E-state index contributed by atoms with van der Waals surface area (Å²) >= 11 is 0. The zero-order valence-electron chi connectivity index (χ0n) is 2.51. The van der Waals surface area contributed by atoms with Gasteiger partial charge in [0.25, 0.3) is 0 Å². The molecule has 0 aliphatic heterocycles. The van der Waals surface area contributed by atoms with Crippen LogP contribution in [0.25, 0.3) is 0 Å². The summed E-state index contributed by atoms with van der Waals surface area (Å²) in [7, 11) is -3.13. The van der Waals surface area contributed by atoms with Crippen molar-refractivity contribution in [3.63, 3.8) is 0 Å². The van der Waals surface area contributed by atoms with Gasteiger partial charge in [-0.25, -0.2) is 0 Å². The summed E-state index contributed by atoms with van der Waals surface area (Å²) in [5, 5.41) is 0. The number of rotatable bonds is 0. The van der Waals surface area contributed by atoms with E-state index in [4.69, 9.17) is 14.1 Å². The summed E-state index contributed by atoms with van der Waals surface area (Å²) in [5.41, 5.74) is 0. The van der Waals surface area contributed by atoms with Gasteiger partial charge in [0.15, 0.2) is 0 Å². The maximum absolute atomic E-state index is 8.74. The molecule has 0 saturated heterocycles. The van der Waals surface area contributed by atoms with Crippen LogP contribution in [0, 0.1) is 0 Å². The molecule has 0 rings (SSSR count). The van der Waals surface area contributed by atoms with E-state index in [2.05, 4.69) is 0 Å². The van der Waals surface area contributed by atoms with Gasteiger partial charge in [-0.3, -0.25) is 4.46 Å². The molecule has 6 heteroatoms. The molecule has 0 amide bonds. The zero-order chi connectivity index (χ0) is 3.58. The fourth-order valence-electron chi connectivity index (χ4n) is 0. The highest BCUT2D eigenvalue weighted by atomic mass is 28.3. The van der Waals surface area contributed by atoms with Crippen molar-refractivity contribution in [1.82, 2.24) is 6.15 Å². The van der Waals surface area contributed by atoms with Crippen molar-refractivity contribution in [2.45, 2.75) is 0 Å². The van der Waals surface area contributed by atoms with E-state index >= 15 is 0 Å². The van der Waals surface area contributed by atoms with E-state index < -0.39 is 9.17 Å². The molecule has 36 valence electrons. The summed E-state index contributed by atoms with van der Waals surface area (Å²) < 4.78 is 8.74. The van der Waals surface area contributed by atoms with E-state index in [9.17, 15) is 0 Å². The molecular formula is H7MgNO3Si. The van der Waals surface area contributed by atoms with Crippen LogP contribution in [0.15, 0.2) is 0 Å². The molecule has 0 unspecified atom stereocenters. The lowest BCUT2D eigenvalue weighted by Crippen LogP contribution is -1.90. The molecule has 0 aliphatic rings. The molecule has 0 fully saturated rings. The first-order valence-corrected chi connectivity index (χ1v) is 1.95. The van der Waals surface area contributed by atoms with Gasteiger partial charge in [0.1, 0.15) is 0 Å². The van der Waals surface area contributed by atoms with Crippen LogP contribution in [0.1, 0.15) is 0 Å². The Labute approximate surface area is 52.8 Å². The first kappa shape index (κ1) is 16.2. The van der Waals surface area contributed by atoms with Gasteiger partial charge in [-0.1, -0.05) is 0 Å². The molecule has 6 heavy (non-hydrogen) atoms. The molecule has 0 bridgehead atoms. The fourth-order valence-corrected chi connectivity index (χ4v) is 0. The molecule has 0 aromatic heterocycles. The number of hydrogen-bond donors (Lipinski definition) is 3. The first-order chi connectivity index (χ1) is 1.73. The Morgan fingerprint density at radius 3 is 1.33 bits per heavy atom. The van der Waals surface area contributed by atoms with Crippen molar-refractivity contribution in [2.75, 3.05) is 0 Å². The molecule has 0 radical (unpaired) electrons. The van der Waals surface area contributed by atoms with E-state index in [0.29, 0.717) is 0 Å². The predicted octanol–water partition coefficient (Wildman–Crippen LogP) is -2.37. The van der Waals surface area contributed by atoms with Gasteiger partial charge < -0.3 is 15.7 Å². The van der Waals surface area contributed by atoms with Gasteiger partial charge >= 0.3 is 32.2 Å². The van der Waals surface area contributed by atoms with E-state index in [1.54, 1.807) is 0 Å². The largest absolute Gasteiger partial charge is 0.761 e. The van der Waals surface area contributed by atoms with Gasteiger partial charge in [-0.15, -0.1) is 0 Å². The molecule has 4 nitrogen and oxygen atoms in total. The average molecular weight is 121 g/mol. The van der Waals surface area contributed by atoms with Crippen LogP contribution in [-0.4, -0.2) is 41.8 Å². The Kier molecular flexibility index (Phi) is 24.4.